The maximum absolute atomic E-state index is 12.2. The molecule has 0 aliphatic rings. The van der Waals surface area contributed by atoms with Gasteiger partial charge in [-0.25, -0.2) is 4.98 Å². The molecule has 1 aromatic heterocycles. The van der Waals surface area contributed by atoms with Gasteiger partial charge in [-0.15, -0.1) is 0 Å². The van der Waals surface area contributed by atoms with Gasteiger partial charge in [-0.1, -0.05) is 60.5 Å². The number of carbonyl (C=O) groups excluding carboxylic acids is 1. The number of imidazole rings is 1. The highest BCUT2D eigenvalue weighted by Crippen LogP contribution is 2.29. The summed E-state index contributed by atoms with van der Waals surface area (Å²) in [6.45, 7) is 4.22. The Morgan fingerprint density at radius 1 is 0.976 bits per heavy atom. The van der Waals surface area contributed by atoms with E-state index >= 15 is 0 Å². The van der Waals surface area contributed by atoms with Crippen molar-refractivity contribution < 1.29 is 14.3 Å². The average molecular weight is 574 g/mol. The molecular weight excluding hydrogens is 534 g/mol. The van der Waals surface area contributed by atoms with Gasteiger partial charge >= 0.3 is 0 Å². The number of benzene rings is 3. The third-order valence-corrected chi connectivity index (χ3v) is 7.24. The summed E-state index contributed by atoms with van der Waals surface area (Å²) >= 11 is 5.92. The second kappa shape index (κ2) is 15.9. The third-order valence-electron chi connectivity index (χ3n) is 6.99. The number of aromatic nitrogens is 2. The summed E-state index contributed by atoms with van der Waals surface area (Å²) in [6.07, 6.45) is 10.3. The topological polar surface area (TPSA) is 65.4 Å². The first-order valence-corrected chi connectivity index (χ1v) is 14.8. The van der Waals surface area contributed by atoms with Crippen LogP contribution in [0.1, 0.15) is 56.0 Å². The molecular formula is C34H40ClN3O3. The van der Waals surface area contributed by atoms with Gasteiger partial charge in [0.1, 0.15) is 5.82 Å². The largest absolute Gasteiger partial charge is 0.493 e. The van der Waals surface area contributed by atoms with E-state index in [4.69, 9.17) is 26.1 Å². The van der Waals surface area contributed by atoms with Crippen molar-refractivity contribution in [2.24, 2.45) is 0 Å². The number of fused-ring (bicyclic) bond motifs is 1. The SMILES string of the molecule is C/C=C/c1ccc(OCCCCn2c(CCCCCNC(=O)Cc3ccc(Cl)cc3)nc3ccccc32)c(OC)c1. The van der Waals surface area contributed by atoms with Crippen LogP contribution in [0.2, 0.25) is 5.02 Å². The molecule has 6 nitrogen and oxygen atoms in total. The fourth-order valence-electron chi connectivity index (χ4n) is 4.88. The molecule has 7 heteroatoms. The number of halogens is 1. The Hall–Kier alpha value is -3.77. The van der Waals surface area contributed by atoms with Crippen molar-refractivity contribution in [2.45, 2.75) is 58.4 Å². The van der Waals surface area contributed by atoms with Crippen molar-refractivity contribution in [3.05, 3.63) is 94.8 Å². The number of aryl methyl sites for hydroxylation is 2. The predicted molar refractivity (Wildman–Crippen MR) is 168 cm³/mol. The van der Waals surface area contributed by atoms with E-state index in [0.717, 1.165) is 79.0 Å². The molecule has 0 saturated heterocycles. The van der Waals surface area contributed by atoms with Crippen molar-refractivity contribution in [3.63, 3.8) is 0 Å². The van der Waals surface area contributed by atoms with Gasteiger partial charge in [-0.2, -0.15) is 0 Å². The number of ether oxygens (including phenoxy) is 2. The summed E-state index contributed by atoms with van der Waals surface area (Å²) < 4.78 is 13.9. The van der Waals surface area contributed by atoms with E-state index < -0.39 is 0 Å². The van der Waals surface area contributed by atoms with Crippen LogP contribution in [0.3, 0.4) is 0 Å². The van der Waals surface area contributed by atoms with Gasteiger partial charge in [0.25, 0.3) is 0 Å². The number of methoxy groups -OCH3 is 1. The first-order valence-electron chi connectivity index (χ1n) is 14.5. The zero-order valence-electron chi connectivity index (χ0n) is 24.1. The molecule has 4 rings (SSSR count). The van der Waals surface area contributed by atoms with Crippen molar-refractivity contribution in [3.8, 4) is 11.5 Å². The summed E-state index contributed by atoms with van der Waals surface area (Å²) in [5.41, 5.74) is 4.28. The van der Waals surface area contributed by atoms with Crippen LogP contribution in [0.5, 0.6) is 11.5 Å². The second-order valence-electron chi connectivity index (χ2n) is 10.1. The van der Waals surface area contributed by atoms with E-state index in [9.17, 15) is 4.79 Å². The minimum atomic E-state index is 0.0437. The van der Waals surface area contributed by atoms with Crippen molar-refractivity contribution in [1.82, 2.24) is 14.9 Å². The molecule has 0 bridgehead atoms. The number of nitrogens with zero attached hydrogens (tertiary/aromatic N) is 2. The molecule has 1 amide bonds. The van der Waals surface area contributed by atoms with E-state index in [2.05, 4.69) is 28.1 Å². The Morgan fingerprint density at radius 3 is 2.61 bits per heavy atom. The predicted octanol–water partition coefficient (Wildman–Crippen LogP) is 7.66. The lowest BCUT2D eigenvalue weighted by molar-refractivity contribution is -0.120. The molecule has 0 atom stereocenters. The molecule has 0 fully saturated rings. The highest BCUT2D eigenvalue weighted by Gasteiger charge is 2.11. The van der Waals surface area contributed by atoms with Gasteiger partial charge in [0.05, 0.1) is 31.2 Å². The number of hydrogen-bond donors (Lipinski definition) is 1. The Kier molecular flexibility index (Phi) is 11.7. The van der Waals surface area contributed by atoms with Gasteiger partial charge < -0.3 is 19.4 Å². The molecule has 216 valence electrons. The molecule has 0 aliphatic carbocycles. The molecule has 1 heterocycles. The van der Waals surface area contributed by atoms with Gasteiger partial charge in [0.2, 0.25) is 5.91 Å². The number of unbranched alkanes of at least 4 members (excludes halogenated alkanes) is 3. The fourth-order valence-corrected chi connectivity index (χ4v) is 5.01. The van der Waals surface area contributed by atoms with Crippen LogP contribution in [0.25, 0.3) is 17.1 Å². The minimum Gasteiger partial charge on any atom is -0.493 e. The van der Waals surface area contributed by atoms with E-state index in [1.54, 1.807) is 7.11 Å². The molecule has 1 N–H and O–H groups in total. The summed E-state index contributed by atoms with van der Waals surface area (Å²) in [4.78, 5) is 17.2. The average Bonchev–Trinajstić information content (AvgIpc) is 3.33. The Labute approximate surface area is 248 Å². The fraction of sp³-hybridized carbons (Fsp3) is 0.353. The van der Waals surface area contributed by atoms with Crippen LogP contribution >= 0.6 is 11.6 Å². The van der Waals surface area contributed by atoms with Crippen molar-refractivity contribution in [1.29, 1.82) is 0 Å². The highest BCUT2D eigenvalue weighted by molar-refractivity contribution is 6.30. The monoisotopic (exact) mass is 573 g/mol. The zero-order valence-corrected chi connectivity index (χ0v) is 24.8. The Balaban J connectivity index is 1.21. The third kappa shape index (κ3) is 9.12. The number of rotatable bonds is 16. The lowest BCUT2D eigenvalue weighted by Crippen LogP contribution is -2.26. The lowest BCUT2D eigenvalue weighted by atomic mass is 10.1. The highest BCUT2D eigenvalue weighted by atomic mass is 35.5. The summed E-state index contributed by atoms with van der Waals surface area (Å²) in [6, 6.07) is 21.8. The van der Waals surface area contributed by atoms with Crippen LogP contribution in [-0.2, 0) is 24.2 Å². The van der Waals surface area contributed by atoms with E-state index in [1.807, 2.05) is 67.6 Å². The quantitative estimate of drug-likeness (QED) is 0.140. The van der Waals surface area contributed by atoms with Crippen molar-refractivity contribution >= 4 is 34.6 Å². The van der Waals surface area contributed by atoms with Gasteiger partial charge in [0.15, 0.2) is 11.5 Å². The van der Waals surface area contributed by atoms with Crippen molar-refractivity contribution in [2.75, 3.05) is 20.3 Å². The van der Waals surface area contributed by atoms with Gasteiger partial charge in [-0.05, 0) is 80.1 Å². The molecule has 4 aromatic rings. The van der Waals surface area contributed by atoms with Crippen LogP contribution < -0.4 is 14.8 Å². The molecule has 0 aliphatic heterocycles. The summed E-state index contributed by atoms with van der Waals surface area (Å²) in [5, 5.41) is 3.71. The van der Waals surface area contributed by atoms with E-state index in [-0.39, 0.29) is 5.91 Å². The maximum atomic E-state index is 12.2. The molecule has 0 spiro atoms. The number of hydrogen-bond acceptors (Lipinski definition) is 4. The zero-order chi connectivity index (χ0) is 28.9. The maximum Gasteiger partial charge on any atom is 0.224 e. The van der Waals surface area contributed by atoms with E-state index in [1.165, 1.54) is 5.52 Å². The standard InChI is InChI=1S/C34H40ClN3O3/c1-3-11-26-17-20-31(32(24-26)40-2)41-23-10-9-22-38-30-13-7-6-12-29(30)37-33(38)14-5-4-8-21-36-34(39)25-27-15-18-28(35)19-16-27/h3,6-7,11-13,15-20,24H,4-5,8-10,14,21-23,25H2,1-2H3,(H,36,39)/b11-3+. The van der Waals surface area contributed by atoms with Gasteiger partial charge in [0, 0.05) is 24.5 Å². The summed E-state index contributed by atoms with van der Waals surface area (Å²) in [7, 11) is 1.67. The number of para-hydroxylation sites is 2. The first kappa shape index (κ1) is 30.2. The van der Waals surface area contributed by atoms with Crippen LogP contribution in [0, 0.1) is 0 Å². The van der Waals surface area contributed by atoms with Crippen LogP contribution in [0.15, 0.2) is 72.8 Å². The Morgan fingerprint density at radius 2 is 1.80 bits per heavy atom. The number of allylic oxidation sites excluding steroid dienone is 1. The number of amides is 1. The molecule has 3 aromatic carbocycles. The lowest BCUT2D eigenvalue weighted by Gasteiger charge is -2.12. The smallest absolute Gasteiger partial charge is 0.224 e. The first-order chi connectivity index (χ1) is 20.1. The number of carbonyl (C=O) groups is 1. The molecule has 0 saturated carbocycles. The van der Waals surface area contributed by atoms with Crippen LogP contribution in [0.4, 0.5) is 0 Å². The number of nitrogens with one attached hydrogen (secondary N) is 1. The molecule has 0 radical (unpaired) electrons. The normalized spacial score (nSPS) is 11.3. The van der Waals surface area contributed by atoms with E-state index in [0.29, 0.717) is 24.6 Å². The minimum absolute atomic E-state index is 0.0437. The summed E-state index contributed by atoms with van der Waals surface area (Å²) in [5.74, 6) is 2.70. The second-order valence-corrected chi connectivity index (χ2v) is 10.5. The van der Waals surface area contributed by atoms with Crippen LogP contribution in [-0.4, -0.2) is 35.7 Å². The Bertz CT molecular complexity index is 1430. The molecule has 0 unspecified atom stereocenters. The molecule has 41 heavy (non-hydrogen) atoms. The van der Waals surface area contributed by atoms with Gasteiger partial charge in [-0.3, -0.25) is 4.79 Å².